The van der Waals surface area contributed by atoms with Gasteiger partial charge in [-0.25, -0.2) is 0 Å². The summed E-state index contributed by atoms with van der Waals surface area (Å²) in [4.78, 5) is 0. The van der Waals surface area contributed by atoms with Crippen molar-refractivity contribution in [1.29, 1.82) is 0 Å². The zero-order valence-corrected chi connectivity index (χ0v) is 14.5. The van der Waals surface area contributed by atoms with Crippen molar-refractivity contribution in [1.82, 2.24) is 5.32 Å². The number of rotatable bonds is 9. The molecule has 0 aromatic heterocycles. The SMILES string of the molecule is CCOc1ccccc1CNCCC1COCCC1(OC)OC. The van der Waals surface area contributed by atoms with Gasteiger partial charge < -0.3 is 24.3 Å². The molecule has 5 heteroatoms. The van der Waals surface area contributed by atoms with Crippen molar-refractivity contribution < 1.29 is 18.9 Å². The predicted octanol–water partition coefficient (Wildman–Crippen LogP) is 2.59. The monoisotopic (exact) mass is 323 g/mol. The van der Waals surface area contributed by atoms with E-state index in [0.29, 0.717) is 19.8 Å². The first-order valence-electron chi connectivity index (χ1n) is 8.35. The molecule has 0 spiro atoms. The van der Waals surface area contributed by atoms with E-state index in [1.165, 1.54) is 5.56 Å². The molecular weight excluding hydrogens is 294 g/mol. The Hall–Kier alpha value is -1.14. The number of hydrogen-bond donors (Lipinski definition) is 1. The summed E-state index contributed by atoms with van der Waals surface area (Å²) >= 11 is 0. The van der Waals surface area contributed by atoms with E-state index in [9.17, 15) is 0 Å². The standard InChI is InChI=1S/C18H29NO4/c1-4-23-17-8-6-5-7-15(17)13-19-11-9-16-14-22-12-10-18(16,20-2)21-3/h5-8,16,19H,4,9-14H2,1-3H3. The third kappa shape index (κ3) is 4.67. The molecule has 1 atom stereocenters. The van der Waals surface area contributed by atoms with Gasteiger partial charge in [-0.15, -0.1) is 0 Å². The van der Waals surface area contributed by atoms with Crippen LogP contribution in [0.3, 0.4) is 0 Å². The molecule has 1 aromatic rings. The van der Waals surface area contributed by atoms with Gasteiger partial charge in [-0.3, -0.25) is 0 Å². The Labute approximate surface area is 139 Å². The van der Waals surface area contributed by atoms with Crippen LogP contribution in [0.25, 0.3) is 0 Å². The Kier molecular flexibility index (Phi) is 7.30. The predicted molar refractivity (Wildman–Crippen MR) is 89.6 cm³/mol. The van der Waals surface area contributed by atoms with Gasteiger partial charge in [0, 0.05) is 38.7 Å². The Morgan fingerprint density at radius 3 is 2.78 bits per heavy atom. The lowest BCUT2D eigenvalue weighted by Crippen LogP contribution is -2.49. The zero-order chi connectivity index (χ0) is 16.5. The van der Waals surface area contributed by atoms with E-state index in [-0.39, 0.29) is 5.92 Å². The van der Waals surface area contributed by atoms with E-state index in [4.69, 9.17) is 18.9 Å². The molecule has 2 rings (SSSR count). The minimum atomic E-state index is -0.511. The molecule has 1 fully saturated rings. The van der Waals surface area contributed by atoms with Crippen molar-refractivity contribution in [2.24, 2.45) is 5.92 Å². The largest absolute Gasteiger partial charge is 0.494 e. The van der Waals surface area contributed by atoms with Crippen LogP contribution in [0, 0.1) is 5.92 Å². The maximum absolute atomic E-state index is 5.66. The topological polar surface area (TPSA) is 49.0 Å². The average Bonchev–Trinajstić information content (AvgIpc) is 2.60. The normalized spacial score (nSPS) is 20.4. The number of para-hydroxylation sites is 1. The number of nitrogens with one attached hydrogen (secondary N) is 1. The molecule has 0 aliphatic carbocycles. The lowest BCUT2D eigenvalue weighted by molar-refractivity contribution is -0.276. The average molecular weight is 323 g/mol. The summed E-state index contributed by atoms with van der Waals surface area (Å²) in [7, 11) is 3.43. The van der Waals surface area contributed by atoms with Gasteiger partial charge >= 0.3 is 0 Å². The van der Waals surface area contributed by atoms with Crippen LogP contribution < -0.4 is 10.1 Å². The van der Waals surface area contributed by atoms with Crippen LogP contribution in [0.5, 0.6) is 5.75 Å². The second-order valence-electron chi connectivity index (χ2n) is 5.75. The third-order valence-electron chi connectivity index (χ3n) is 4.48. The second-order valence-corrected chi connectivity index (χ2v) is 5.75. The molecule has 1 N–H and O–H groups in total. The van der Waals surface area contributed by atoms with Gasteiger partial charge in [0.15, 0.2) is 5.79 Å². The van der Waals surface area contributed by atoms with E-state index in [0.717, 1.165) is 31.7 Å². The lowest BCUT2D eigenvalue weighted by Gasteiger charge is -2.41. The maximum Gasteiger partial charge on any atom is 0.174 e. The highest BCUT2D eigenvalue weighted by Gasteiger charge is 2.41. The molecule has 1 aromatic carbocycles. The highest BCUT2D eigenvalue weighted by atomic mass is 16.7. The molecule has 0 saturated carbocycles. The van der Waals surface area contributed by atoms with Crippen LogP contribution in [-0.4, -0.2) is 46.4 Å². The molecule has 23 heavy (non-hydrogen) atoms. The van der Waals surface area contributed by atoms with Crippen LogP contribution in [0.4, 0.5) is 0 Å². The summed E-state index contributed by atoms with van der Waals surface area (Å²) in [6.45, 7) is 5.72. The molecule has 1 saturated heterocycles. The van der Waals surface area contributed by atoms with Crippen molar-refractivity contribution in [2.75, 3.05) is 40.6 Å². The molecule has 130 valence electrons. The van der Waals surface area contributed by atoms with Gasteiger partial charge in [0.25, 0.3) is 0 Å². The fourth-order valence-corrected chi connectivity index (χ4v) is 3.14. The molecule has 1 aliphatic rings. The molecule has 1 heterocycles. The minimum Gasteiger partial charge on any atom is -0.494 e. The number of methoxy groups -OCH3 is 2. The maximum atomic E-state index is 5.66. The highest BCUT2D eigenvalue weighted by Crippen LogP contribution is 2.32. The van der Waals surface area contributed by atoms with Crippen molar-refractivity contribution >= 4 is 0 Å². The van der Waals surface area contributed by atoms with E-state index in [2.05, 4.69) is 11.4 Å². The van der Waals surface area contributed by atoms with E-state index >= 15 is 0 Å². The Bertz CT molecular complexity index is 462. The van der Waals surface area contributed by atoms with Gasteiger partial charge in [0.2, 0.25) is 0 Å². The third-order valence-corrected chi connectivity index (χ3v) is 4.48. The fraction of sp³-hybridized carbons (Fsp3) is 0.667. The highest BCUT2D eigenvalue weighted by molar-refractivity contribution is 5.33. The van der Waals surface area contributed by atoms with E-state index in [1.54, 1.807) is 14.2 Å². The molecule has 5 nitrogen and oxygen atoms in total. The molecule has 0 bridgehead atoms. The summed E-state index contributed by atoms with van der Waals surface area (Å²) in [5.74, 6) is 0.677. The molecule has 0 amide bonds. The molecule has 0 radical (unpaired) electrons. The van der Waals surface area contributed by atoms with E-state index in [1.807, 2.05) is 25.1 Å². The summed E-state index contributed by atoms with van der Waals surface area (Å²) in [5, 5.41) is 3.49. The summed E-state index contributed by atoms with van der Waals surface area (Å²) in [5.41, 5.74) is 1.18. The van der Waals surface area contributed by atoms with Crippen molar-refractivity contribution in [3.63, 3.8) is 0 Å². The van der Waals surface area contributed by atoms with Crippen LogP contribution >= 0.6 is 0 Å². The van der Waals surface area contributed by atoms with Crippen LogP contribution in [0.2, 0.25) is 0 Å². The number of benzene rings is 1. The fourth-order valence-electron chi connectivity index (χ4n) is 3.14. The quantitative estimate of drug-likeness (QED) is 0.559. The number of ether oxygens (including phenoxy) is 4. The number of hydrogen-bond acceptors (Lipinski definition) is 5. The second kappa shape index (κ2) is 9.23. The summed E-state index contributed by atoms with van der Waals surface area (Å²) < 4.78 is 22.6. The van der Waals surface area contributed by atoms with Crippen molar-refractivity contribution in [2.45, 2.75) is 32.1 Å². The van der Waals surface area contributed by atoms with Crippen LogP contribution in [-0.2, 0) is 20.8 Å². The summed E-state index contributed by atoms with van der Waals surface area (Å²) in [6, 6.07) is 8.14. The van der Waals surface area contributed by atoms with Crippen molar-refractivity contribution in [3.8, 4) is 5.75 Å². The molecular formula is C18H29NO4. The van der Waals surface area contributed by atoms with Gasteiger partial charge in [-0.1, -0.05) is 18.2 Å². The Balaban J connectivity index is 1.83. The van der Waals surface area contributed by atoms with Gasteiger partial charge in [0.05, 0.1) is 19.8 Å². The Morgan fingerprint density at radius 1 is 1.26 bits per heavy atom. The van der Waals surface area contributed by atoms with Gasteiger partial charge in [-0.2, -0.15) is 0 Å². The first-order chi connectivity index (χ1) is 11.3. The molecule has 1 aliphatic heterocycles. The first kappa shape index (κ1) is 18.2. The van der Waals surface area contributed by atoms with E-state index < -0.39 is 5.79 Å². The Morgan fingerprint density at radius 2 is 2.04 bits per heavy atom. The van der Waals surface area contributed by atoms with Crippen LogP contribution in [0.1, 0.15) is 25.3 Å². The zero-order valence-electron chi connectivity index (χ0n) is 14.5. The van der Waals surface area contributed by atoms with Gasteiger partial charge in [-0.05, 0) is 26.0 Å². The van der Waals surface area contributed by atoms with Gasteiger partial charge in [0.1, 0.15) is 5.75 Å². The van der Waals surface area contributed by atoms with Crippen molar-refractivity contribution in [3.05, 3.63) is 29.8 Å². The van der Waals surface area contributed by atoms with Crippen LogP contribution in [0.15, 0.2) is 24.3 Å². The smallest absolute Gasteiger partial charge is 0.174 e. The summed E-state index contributed by atoms with van der Waals surface area (Å²) in [6.07, 6.45) is 1.72. The lowest BCUT2D eigenvalue weighted by atomic mass is 9.91. The minimum absolute atomic E-state index is 0.237. The molecule has 1 unspecified atom stereocenters. The first-order valence-corrected chi connectivity index (χ1v) is 8.35.